The van der Waals surface area contributed by atoms with E-state index in [2.05, 4.69) is 10.4 Å². The van der Waals surface area contributed by atoms with Crippen molar-refractivity contribution in [2.75, 3.05) is 39.4 Å². The molecule has 1 aromatic heterocycles. The Labute approximate surface area is 163 Å². The first-order valence-electron chi connectivity index (χ1n) is 8.94. The summed E-state index contributed by atoms with van der Waals surface area (Å²) < 4.78 is 60.3. The highest BCUT2D eigenvalue weighted by atomic mass is 19.4. The number of hydrogen-bond acceptors (Lipinski definition) is 5. The van der Waals surface area contributed by atoms with Crippen LogP contribution >= 0.6 is 0 Å². The molecule has 2 heterocycles. The molecule has 1 unspecified atom stereocenters. The van der Waals surface area contributed by atoms with Gasteiger partial charge < -0.3 is 15.2 Å². The van der Waals surface area contributed by atoms with Crippen LogP contribution < -0.4 is 5.32 Å². The summed E-state index contributed by atoms with van der Waals surface area (Å²) in [5.74, 6) is -1.96. The molecule has 1 amide bonds. The molecule has 29 heavy (non-hydrogen) atoms. The van der Waals surface area contributed by atoms with Gasteiger partial charge in [-0.1, -0.05) is 12.1 Å². The Bertz CT molecular complexity index is 850. The predicted molar refractivity (Wildman–Crippen MR) is 94.1 cm³/mol. The van der Waals surface area contributed by atoms with E-state index in [0.29, 0.717) is 31.0 Å². The molecular formula is C18H20F4N4O3. The summed E-state index contributed by atoms with van der Waals surface area (Å²) in [5.41, 5.74) is -2.56. The fourth-order valence-electron chi connectivity index (χ4n) is 3.05. The maximum atomic E-state index is 14.0. The van der Waals surface area contributed by atoms with Crippen molar-refractivity contribution >= 4 is 5.91 Å². The van der Waals surface area contributed by atoms with E-state index in [-0.39, 0.29) is 13.1 Å². The molecule has 1 aromatic carbocycles. The van der Waals surface area contributed by atoms with Gasteiger partial charge in [0.15, 0.2) is 5.69 Å². The van der Waals surface area contributed by atoms with E-state index in [1.54, 1.807) is 0 Å². The van der Waals surface area contributed by atoms with E-state index < -0.39 is 40.9 Å². The van der Waals surface area contributed by atoms with Crippen LogP contribution in [-0.4, -0.2) is 71.2 Å². The largest absolute Gasteiger partial charge is 0.434 e. The Morgan fingerprint density at radius 1 is 1.28 bits per heavy atom. The second kappa shape index (κ2) is 8.89. The lowest BCUT2D eigenvalue weighted by Crippen LogP contribution is -2.44. The van der Waals surface area contributed by atoms with Crippen molar-refractivity contribution in [2.45, 2.75) is 12.3 Å². The summed E-state index contributed by atoms with van der Waals surface area (Å²) in [7, 11) is 0. The molecule has 0 bridgehead atoms. The molecule has 1 aliphatic rings. The van der Waals surface area contributed by atoms with E-state index >= 15 is 0 Å². The number of aromatic nitrogens is 2. The van der Waals surface area contributed by atoms with Crippen LogP contribution in [0.3, 0.4) is 0 Å². The lowest BCUT2D eigenvalue weighted by molar-refractivity contribution is -0.143. The smallest absolute Gasteiger partial charge is 0.390 e. The van der Waals surface area contributed by atoms with E-state index in [1.807, 2.05) is 4.90 Å². The van der Waals surface area contributed by atoms with Gasteiger partial charge in [0.25, 0.3) is 5.91 Å². The second-order valence-corrected chi connectivity index (χ2v) is 6.54. The van der Waals surface area contributed by atoms with Crippen LogP contribution in [-0.2, 0) is 10.9 Å². The molecule has 158 valence electrons. The number of nitrogens with one attached hydrogen (secondary N) is 1. The number of nitrogens with zero attached hydrogens (tertiary/aromatic N) is 3. The van der Waals surface area contributed by atoms with Gasteiger partial charge in [-0.3, -0.25) is 9.69 Å². The van der Waals surface area contributed by atoms with E-state index in [0.717, 1.165) is 18.3 Å². The van der Waals surface area contributed by atoms with Crippen LogP contribution in [0.1, 0.15) is 16.1 Å². The molecule has 2 aromatic rings. The topological polar surface area (TPSA) is 79.6 Å². The van der Waals surface area contributed by atoms with Gasteiger partial charge in [-0.2, -0.15) is 18.3 Å². The molecule has 0 aliphatic carbocycles. The summed E-state index contributed by atoms with van der Waals surface area (Å²) in [5, 5.41) is 15.9. The van der Waals surface area contributed by atoms with Gasteiger partial charge in [0.05, 0.1) is 31.1 Å². The number of carbonyl (C=O) groups is 1. The van der Waals surface area contributed by atoms with Crippen LogP contribution in [0.5, 0.6) is 0 Å². The lowest BCUT2D eigenvalue weighted by atomic mass is 10.2. The maximum absolute atomic E-state index is 14.0. The van der Waals surface area contributed by atoms with Crippen LogP contribution in [0.15, 0.2) is 30.5 Å². The maximum Gasteiger partial charge on any atom is 0.434 e. The van der Waals surface area contributed by atoms with Crippen molar-refractivity contribution in [3.63, 3.8) is 0 Å². The monoisotopic (exact) mass is 416 g/mol. The van der Waals surface area contributed by atoms with Crippen molar-refractivity contribution in [2.24, 2.45) is 0 Å². The van der Waals surface area contributed by atoms with Gasteiger partial charge in [-0.15, -0.1) is 0 Å². The number of amides is 1. The van der Waals surface area contributed by atoms with Gasteiger partial charge in [-0.25, -0.2) is 9.07 Å². The van der Waals surface area contributed by atoms with Crippen LogP contribution in [0.4, 0.5) is 17.6 Å². The number of hydrogen-bond donors (Lipinski definition) is 2. The van der Waals surface area contributed by atoms with E-state index in [9.17, 15) is 27.5 Å². The molecule has 3 rings (SSSR count). The second-order valence-electron chi connectivity index (χ2n) is 6.54. The highest BCUT2D eigenvalue weighted by molar-refractivity contribution is 5.95. The first-order chi connectivity index (χ1) is 13.8. The number of halogens is 4. The Balaban J connectivity index is 1.74. The minimum atomic E-state index is -4.95. The molecule has 1 fully saturated rings. The number of para-hydroxylation sites is 1. The Morgan fingerprint density at radius 2 is 1.97 bits per heavy atom. The minimum absolute atomic E-state index is 0.238. The van der Waals surface area contributed by atoms with Crippen molar-refractivity contribution in [3.05, 3.63) is 47.5 Å². The molecule has 0 radical (unpaired) electrons. The Hall–Kier alpha value is -2.50. The summed E-state index contributed by atoms with van der Waals surface area (Å²) in [6.07, 6.45) is -5.18. The molecule has 0 saturated carbocycles. The quantitative estimate of drug-likeness (QED) is 0.697. The van der Waals surface area contributed by atoms with Crippen LogP contribution in [0, 0.1) is 5.82 Å². The third kappa shape index (κ3) is 5.11. The van der Waals surface area contributed by atoms with Gasteiger partial charge >= 0.3 is 6.18 Å². The lowest BCUT2D eigenvalue weighted by Gasteiger charge is -2.28. The zero-order valence-corrected chi connectivity index (χ0v) is 15.3. The molecule has 11 heteroatoms. The summed E-state index contributed by atoms with van der Waals surface area (Å²) in [4.78, 5) is 14.3. The summed E-state index contributed by atoms with van der Waals surface area (Å²) in [6.45, 7) is 2.33. The molecule has 1 aliphatic heterocycles. The number of ether oxygens (including phenoxy) is 1. The summed E-state index contributed by atoms with van der Waals surface area (Å²) in [6, 6.07) is 4.82. The van der Waals surface area contributed by atoms with Gasteiger partial charge in [0, 0.05) is 26.2 Å². The highest BCUT2D eigenvalue weighted by Gasteiger charge is 2.41. The van der Waals surface area contributed by atoms with Crippen LogP contribution in [0.2, 0.25) is 0 Å². The number of aliphatic hydroxyl groups is 1. The fraction of sp³-hybridized carbons (Fsp3) is 0.444. The third-order valence-electron chi connectivity index (χ3n) is 4.43. The number of morpholine rings is 1. The number of benzene rings is 1. The van der Waals surface area contributed by atoms with Gasteiger partial charge in [0.2, 0.25) is 0 Å². The number of carbonyl (C=O) groups excluding carboxylic acids is 1. The fourth-order valence-corrected chi connectivity index (χ4v) is 3.05. The standard InChI is InChI=1S/C18H20F4N4O3/c19-14-3-1-2-4-15(14)26-16(18(20,21)22)13(10-24-26)17(28)23-9-12(27)11-25-5-7-29-8-6-25/h1-4,10,12,27H,5-9,11H2,(H,23,28). The minimum Gasteiger partial charge on any atom is -0.390 e. The van der Waals surface area contributed by atoms with Gasteiger partial charge in [-0.05, 0) is 12.1 Å². The van der Waals surface area contributed by atoms with Crippen molar-refractivity contribution < 1.29 is 32.2 Å². The number of β-amino-alcohol motifs (C(OH)–C–C–N with tert-alkyl or cyclic N) is 1. The molecule has 2 N–H and O–H groups in total. The van der Waals surface area contributed by atoms with E-state index in [1.165, 1.54) is 12.1 Å². The Kier molecular flexibility index (Phi) is 6.50. The number of alkyl halides is 3. The first kappa shape index (κ1) is 21.2. The zero-order chi connectivity index (χ0) is 21.0. The van der Waals surface area contributed by atoms with Crippen LogP contribution in [0.25, 0.3) is 5.69 Å². The molecule has 1 atom stereocenters. The Morgan fingerprint density at radius 3 is 2.62 bits per heavy atom. The molecular weight excluding hydrogens is 396 g/mol. The summed E-state index contributed by atoms with van der Waals surface area (Å²) >= 11 is 0. The molecule has 7 nitrogen and oxygen atoms in total. The predicted octanol–water partition coefficient (Wildman–Crippen LogP) is 1.45. The normalized spacial score (nSPS) is 16.6. The third-order valence-corrected chi connectivity index (χ3v) is 4.43. The molecule has 1 saturated heterocycles. The first-order valence-corrected chi connectivity index (χ1v) is 8.94. The zero-order valence-electron chi connectivity index (χ0n) is 15.3. The SMILES string of the molecule is O=C(NCC(O)CN1CCOCC1)c1cnn(-c2ccccc2F)c1C(F)(F)F. The average molecular weight is 416 g/mol. The number of aliphatic hydroxyl groups excluding tert-OH is 1. The average Bonchev–Trinajstić information content (AvgIpc) is 3.13. The van der Waals surface area contributed by atoms with Crippen molar-refractivity contribution in [3.8, 4) is 5.69 Å². The highest BCUT2D eigenvalue weighted by Crippen LogP contribution is 2.34. The van der Waals surface area contributed by atoms with E-state index in [4.69, 9.17) is 4.74 Å². The molecule has 0 spiro atoms. The number of rotatable bonds is 6. The van der Waals surface area contributed by atoms with Crippen molar-refractivity contribution in [1.82, 2.24) is 20.0 Å². The van der Waals surface area contributed by atoms with Crippen molar-refractivity contribution in [1.29, 1.82) is 0 Å². The van der Waals surface area contributed by atoms with Gasteiger partial charge in [0.1, 0.15) is 11.5 Å².